The van der Waals surface area contributed by atoms with Crippen LogP contribution in [0.3, 0.4) is 0 Å². The van der Waals surface area contributed by atoms with Crippen LogP contribution in [0.4, 0.5) is 0 Å². The molecule has 0 spiro atoms. The lowest BCUT2D eigenvalue weighted by molar-refractivity contribution is -0.154. The predicted molar refractivity (Wildman–Crippen MR) is 95.9 cm³/mol. The van der Waals surface area contributed by atoms with Gasteiger partial charge >= 0.3 is 5.97 Å². The number of hydrogen-bond acceptors (Lipinski definition) is 2. The zero-order valence-electron chi connectivity index (χ0n) is 16.2. The topological polar surface area (TPSA) is 26.3 Å². The van der Waals surface area contributed by atoms with Crippen LogP contribution in [0, 0.1) is 23.2 Å². The number of carbonyl (C=O) groups excluding carboxylic acids is 1. The molecule has 0 aromatic heterocycles. The summed E-state index contributed by atoms with van der Waals surface area (Å²) in [4.78, 5) is 11.7. The van der Waals surface area contributed by atoms with Gasteiger partial charge in [0.2, 0.25) is 0 Å². The summed E-state index contributed by atoms with van der Waals surface area (Å²) in [6.07, 6.45) is 9.12. The van der Waals surface area contributed by atoms with Crippen LogP contribution in [-0.4, -0.2) is 12.6 Å². The number of hydrogen-bond donors (Lipinski definition) is 0. The summed E-state index contributed by atoms with van der Waals surface area (Å²) < 4.78 is 5.39. The van der Waals surface area contributed by atoms with Crippen molar-refractivity contribution in [3.05, 3.63) is 0 Å². The van der Waals surface area contributed by atoms with Gasteiger partial charge in [0.25, 0.3) is 0 Å². The summed E-state index contributed by atoms with van der Waals surface area (Å²) in [5.41, 5.74) is -0.385. The SMILES string of the molecule is CCC(C)CCCC(C)CCCC(C)COC(=O)C(C)(C)C. The monoisotopic (exact) mass is 312 g/mol. The fourth-order valence-corrected chi connectivity index (χ4v) is 2.50. The van der Waals surface area contributed by atoms with Crippen LogP contribution in [0.5, 0.6) is 0 Å². The quantitative estimate of drug-likeness (QED) is 0.422. The molecule has 0 heterocycles. The van der Waals surface area contributed by atoms with E-state index in [1.807, 2.05) is 20.8 Å². The molecule has 2 heteroatoms. The molecule has 0 aliphatic rings. The minimum atomic E-state index is -0.385. The van der Waals surface area contributed by atoms with Crippen LogP contribution in [-0.2, 0) is 9.53 Å². The van der Waals surface area contributed by atoms with Crippen LogP contribution in [0.1, 0.15) is 93.4 Å². The smallest absolute Gasteiger partial charge is 0.311 e. The summed E-state index contributed by atoms with van der Waals surface area (Å²) in [7, 11) is 0. The maximum atomic E-state index is 11.7. The van der Waals surface area contributed by atoms with Gasteiger partial charge < -0.3 is 4.74 Å². The highest BCUT2D eigenvalue weighted by Gasteiger charge is 2.23. The Morgan fingerprint density at radius 1 is 0.864 bits per heavy atom. The van der Waals surface area contributed by atoms with E-state index in [1.165, 1.54) is 38.5 Å². The normalized spacial score (nSPS) is 16.1. The highest BCUT2D eigenvalue weighted by atomic mass is 16.5. The molecule has 0 saturated carbocycles. The second-order valence-corrected chi connectivity index (χ2v) is 8.43. The van der Waals surface area contributed by atoms with Gasteiger partial charge in [-0.15, -0.1) is 0 Å². The zero-order chi connectivity index (χ0) is 17.2. The summed E-state index contributed by atoms with van der Waals surface area (Å²) in [5, 5.41) is 0. The fourth-order valence-electron chi connectivity index (χ4n) is 2.50. The largest absolute Gasteiger partial charge is 0.465 e. The molecule has 0 radical (unpaired) electrons. The van der Waals surface area contributed by atoms with Crippen molar-refractivity contribution in [1.29, 1.82) is 0 Å². The van der Waals surface area contributed by atoms with Crippen molar-refractivity contribution >= 4 is 5.97 Å². The summed E-state index contributed by atoms with van der Waals surface area (Å²) in [6, 6.07) is 0. The Morgan fingerprint density at radius 2 is 1.32 bits per heavy atom. The minimum Gasteiger partial charge on any atom is -0.465 e. The van der Waals surface area contributed by atoms with E-state index in [9.17, 15) is 4.79 Å². The maximum Gasteiger partial charge on any atom is 0.311 e. The molecule has 132 valence electrons. The van der Waals surface area contributed by atoms with Gasteiger partial charge in [0, 0.05) is 0 Å². The third kappa shape index (κ3) is 11.1. The van der Waals surface area contributed by atoms with Gasteiger partial charge in [0.1, 0.15) is 0 Å². The first-order valence-corrected chi connectivity index (χ1v) is 9.34. The van der Waals surface area contributed by atoms with Gasteiger partial charge in [0.05, 0.1) is 12.0 Å². The molecule has 0 fully saturated rings. The Labute approximate surface area is 139 Å². The van der Waals surface area contributed by atoms with Crippen molar-refractivity contribution in [3.8, 4) is 0 Å². The minimum absolute atomic E-state index is 0.0854. The van der Waals surface area contributed by atoms with Crippen molar-refractivity contribution in [3.63, 3.8) is 0 Å². The molecule has 3 unspecified atom stereocenters. The van der Waals surface area contributed by atoms with Gasteiger partial charge in [-0.2, -0.15) is 0 Å². The van der Waals surface area contributed by atoms with E-state index in [2.05, 4.69) is 27.7 Å². The van der Waals surface area contributed by atoms with Crippen LogP contribution in [0.25, 0.3) is 0 Å². The number of carbonyl (C=O) groups is 1. The van der Waals surface area contributed by atoms with Crippen LogP contribution in [0.15, 0.2) is 0 Å². The van der Waals surface area contributed by atoms with Gasteiger partial charge in [-0.25, -0.2) is 0 Å². The molecule has 0 N–H and O–H groups in total. The fraction of sp³-hybridized carbons (Fsp3) is 0.950. The first kappa shape index (κ1) is 21.5. The van der Waals surface area contributed by atoms with Crippen molar-refractivity contribution < 1.29 is 9.53 Å². The second-order valence-electron chi connectivity index (χ2n) is 8.43. The molecule has 0 saturated heterocycles. The number of ether oxygens (including phenoxy) is 1. The predicted octanol–water partition coefficient (Wildman–Crippen LogP) is 6.23. The van der Waals surface area contributed by atoms with E-state index in [-0.39, 0.29) is 11.4 Å². The lowest BCUT2D eigenvalue weighted by atomic mass is 9.92. The molecular formula is C20H40O2. The molecule has 0 aromatic carbocycles. The Balaban J connectivity index is 3.66. The van der Waals surface area contributed by atoms with E-state index in [1.54, 1.807) is 0 Å². The highest BCUT2D eigenvalue weighted by Crippen LogP contribution is 2.21. The third-order valence-electron chi connectivity index (χ3n) is 4.60. The molecule has 2 nitrogen and oxygen atoms in total. The van der Waals surface area contributed by atoms with E-state index in [4.69, 9.17) is 4.74 Å². The molecular weight excluding hydrogens is 272 g/mol. The molecule has 0 aliphatic carbocycles. The van der Waals surface area contributed by atoms with Gasteiger partial charge in [0.15, 0.2) is 0 Å². The average Bonchev–Trinajstić information content (AvgIpc) is 2.43. The molecule has 0 amide bonds. The van der Waals surface area contributed by atoms with E-state index in [0.717, 1.165) is 18.3 Å². The van der Waals surface area contributed by atoms with Crippen LogP contribution >= 0.6 is 0 Å². The van der Waals surface area contributed by atoms with Gasteiger partial charge in [-0.05, 0) is 44.9 Å². The first-order valence-electron chi connectivity index (χ1n) is 9.34. The van der Waals surface area contributed by atoms with E-state index >= 15 is 0 Å². The average molecular weight is 313 g/mol. The maximum absolute atomic E-state index is 11.7. The van der Waals surface area contributed by atoms with Gasteiger partial charge in [-0.1, -0.05) is 66.2 Å². The first-order chi connectivity index (χ1) is 10.2. The molecule has 3 atom stereocenters. The molecule has 0 aliphatic heterocycles. The van der Waals surface area contributed by atoms with Crippen LogP contribution in [0.2, 0.25) is 0 Å². The third-order valence-corrected chi connectivity index (χ3v) is 4.60. The standard InChI is InChI=1S/C20H40O2/c1-8-16(2)11-9-12-17(3)13-10-14-18(4)15-22-19(21)20(5,6)7/h16-18H,8-15H2,1-7H3. The Bertz CT molecular complexity index is 291. The Hall–Kier alpha value is -0.530. The summed E-state index contributed by atoms with van der Waals surface area (Å²) >= 11 is 0. The lowest BCUT2D eigenvalue weighted by Gasteiger charge is -2.19. The Kier molecular flexibility index (Phi) is 10.8. The van der Waals surface area contributed by atoms with E-state index < -0.39 is 0 Å². The Morgan fingerprint density at radius 3 is 1.77 bits per heavy atom. The molecule has 22 heavy (non-hydrogen) atoms. The van der Waals surface area contributed by atoms with Crippen molar-refractivity contribution in [2.75, 3.05) is 6.61 Å². The highest BCUT2D eigenvalue weighted by molar-refractivity contribution is 5.75. The lowest BCUT2D eigenvalue weighted by Crippen LogP contribution is -2.25. The van der Waals surface area contributed by atoms with Gasteiger partial charge in [-0.3, -0.25) is 4.79 Å². The molecule has 0 aromatic rings. The van der Waals surface area contributed by atoms with Crippen LogP contribution < -0.4 is 0 Å². The number of rotatable bonds is 11. The van der Waals surface area contributed by atoms with E-state index in [0.29, 0.717) is 12.5 Å². The zero-order valence-corrected chi connectivity index (χ0v) is 16.2. The second kappa shape index (κ2) is 11.1. The van der Waals surface area contributed by atoms with Crippen molar-refractivity contribution in [2.24, 2.45) is 23.2 Å². The van der Waals surface area contributed by atoms with Crippen molar-refractivity contribution in [2.45, 2.75) is 93.4 Å². The molecule has 0 bridgehead atoms. The molecule has 0 rings (SSSR count). The number of esters is 1. The summed E-state index contributed by atoms with van der Waals surface area (Å²) in [6.45, 7) is 15.5. The van der Waals surface area contributed by atoms with Crippen molar-refractivity contribution in [1.82, 2.24) is 0 Å². The summed E-state index contributed by atoms with van der Waals surface area (Å²) in [5.74, 6) is 2.09.